The summed E-state index contributed by atoms with van der Waals surface area (Å²) in [5.41, 5.74) is 1.93. The van der Waals surface area contributed by atoms with Gasteiger partial charge in [-0.15, -0.1) is 0 Å². The third-order valence-corrected chi connectivity index (χ3v) is 2.35. The molecule has 0 N–H and O–H groups in total. The first-order valence-electron chi connectivity index (χ1n) is 4.91. The molecule has 0 aliphatic carbocycles. The quantitative estimate of drug-likeness (QED) is 0.802. The highest BCUT2D eigenvalue weighted by Crippen LogP contribution is 2.23. The van der Waals surface area contributed by atoms with Crippen LogP contribution in [-0.4, -0.2) is 17.3 Å². The molecule has 0 radical (unpaired) electrons. The minimum absolute atomic E-state index is 0.609. The Bertz CT molecular complexity index is 470. The molecule has 3 heteroatoms. The summed E-state index contributed by atoms with van der Waals surface area (Å²) in [7, 11) is 0. The highest BCUT2D eigenvalue weighted by molar-refractivity contribution is 7.80. The second-order valence-corrected chi connectivity index (χ2v) is 3.80. The normalized spacial score (nSPS) is 10.5. The Morgan fingerprint density at radius 1 is 1.27 bits per heavy atom. The van der Waals surface area contributed by atoms with E-state index in [1.807, 2.05) is 31.2 Å². The van der Waals surface area contributed by atoms with Gasteiger partial charge in [0.1, 0.15) is 11.3 Å². The summed E-state index contributed by atoms with van der Waals surface area (Å²) >= 11 is 4.12. The topological polar surface area (TPSA) is 22.1 Å². The van der Waals surface area contributed by atoms with Gasteiger partial charge in [-0.25, -0.2) is 4.98 Å². The van der Waals surface area contributed by atoms with Crippen molar-refractivity contribution >= 4 is 23.5 Å². The Morgan fingerprint density at radius 2 is 2.13 bits per heavy atom. The lowest BCUT2D eigenvalue weighted by molar-refractivity contribution is 0.347. The Kier molecular flexibility index (Phi) is 3.11. The molecule has 0 saturated heterocycles. The fourth-order valence-electron chi connectivity index (χ4n) is 1.49. The van der Waals surface area contributed by atoms with Crippen LogP contribution in [0, 0.1) is 6.92 Å². The van der Waals surface area contributed by atoms with Crippen LogP contribution in [0.25, 0.3) is 10.9 Å². The first kappa shape index (κ1) is 10.3. The number of pyridine rings is 1. The van der Waals surface area contributed by atoms with E-state index in [1.54, 1.807) is 0 Å². The zero-order valence-electron chi connectivity index (χ0n) is 8.60. The van der Waals surface area contributed by atoms with E-state index in [2.05, 4.69) is 23.7 Å². The molecule has 0 aliphatic heterocycles. The third-order valence-electron chi connectivity index (χ3n) is 2.17. The molecule has 2 aromatic rings. The van der Waals surface area contributed by atoms with Crippen LogP contribution < -0.4 is 4.74 Å². The second-order valence-electron chi connectivity index (χ2n) is 3.35. The van der Waals surface area contributed by atoms with E-state index in [4.69, 9.17) is 4.74 Å². The first-order chi connectivity index (χ1) is 7.31. The van der Waals surface area contributed by atoms with Crippen molar-refractivity contribution in [3.05, 3.63) is 36.0 Å². The molecule has 0 spiro atoms. The van der Waals surface area contributed by atoms with E-state index >= 15 is 0 Å². The van der Waals surface area contributed by atoms with Crippen LogP contribution in [-0.2, 0) is 0 Å². The van der Waals surface area contributed by atoms with Crippen LogP contribution >= 0.6 is 12.6 Å². The van der Waals surface area contributed by atoms with Crippen molar-refractivity contribution in [2.75, 3.05) is 12.4 Å². The number of thiol groups is 1. The Balaban J connectivity index is 2.48. The molecule has 0 fully saturated rings. The number of nitrogens with zero attached hydrogens (tertiary/aromatic N) is 1. The summed E-state index contributed by atoms with van der Waals surface area (Å²) in [6.07, 6.45) is 0. The molecule has 2 rings (SSSR count). The molecule has 2 nitrogen and oxygen atoms in total. The number of hydrogen-bond acceptors (Lipinski definition) is 3. The van der Waals surface area contributed by atoms with Gasteiger partial charge in [-0.1, -0.05) is 18.2 Å². The maximum Gasteiger partial charge on any atom is 0.145 e. The zero-order valence-corrected chi connectivity index (χ0v) is 9.50. The van der Waals surface area contributed by atoms with Crippen LogP contribution in [0.2, 0.25) is 0 Å². The molecule has 0 aliphatic rings. The Labute approximate surface area is 94.7 Å². The minimum Gasteiger partial charge on any atom is -0.490 e. The number of para-hydroxylation sites is 1. The van der Waals surface area contributed by atoms with Gasteiger partial charge in [-0.05, 0) is 19.1 Å². The van der Waals surface area contributed by atoms with Crippen LogP contribution in [0.1, 0.15) is 5.69 Å². The molecular weight excluding hydrogens is 206 g/mol. The number of fused-ring (bicyclic) bond motifs is 1. The van der Waals surface area contributed by atoms with Gasteiger partial charge < -0.3 is 4.74 Å². The molecule has 1 heterocycles. The van der Waals surface area contributed by atoms with E-state index in [0.717, 1.165) is 22.3 Å². The third kappa shape index (κ3) is 2.23. The van der Waals surface area contributed by atoms with Gasteiger partial charge in [0.2, 0.25) is 0 Å². The summed E-state index contributed by atoms with van der Waals surface area (Å²) in [4.78, 5) is 4.48. The van der Waals surface area contributed by atoms with Crippen LogP contribution in [0.4, 0.5) is 0 Å². The fraction of sp³-hybridized carbons (Fsp3) is 0.250. The SMILES string of the molecule is Cc1ccc2cccc(OCCS)c2n1. The van der Waals surface area contributed by atoms with Crippen molar-refractivity contribution in [3.63, 3.8) is 0 Å². The van der Waals surface area contributed by atoms with Crippen molar-refractivity contribution in [1.82, 2.24) is 4.98 Å². The molecule has 0 saturated carbocycles. The lowest BCUT2D eigenvalue weighted by Crippen LogP contribution is -1.99. The monoisotopic (exact) mass is 219 g/mol. The average Bonchev–Trinajstić information content (AvgIpc) is 2.26. The number of rotatable bonds is 3. The lowest BCUT2D eigenvalue weighted by Gasteiger charge is -2.07. The molecule has 78 valence electrons. The number of ether oxygens (including phenoxy) is 1. The van der Waals surface area contributed by atoms with Gasteiger partial charge in [-0.3, -0.25) is 0 Å². The van der Waals surface area contributed by atoms with Gasteiger partial charge in [-0.2, -0.15) is 12.6 Å². The minimum atomic E-state index is 0.609. The molecular formula is C12H13NOS. The largest absolute Gasteiger partial charge is 0.490 e. The number of hydrogen-bond donors (Lipinski definition) is 1. The molecule has 0 atom stereocenters. The molecule has 1 aromatic carbocycles. The van der Waals surface area contributed by atoms with Crippen LogP contribution in [0.3, 0.4) is 0 Å². The molecule has 0 unspecified atom stereocenters. The maximum atomic E-state index is 5.58. The van der Waals surface area contributed by atoms with Crippen molar-refractivity contribution in [2.24, 2.45) is 0 Å². The maximum absolute atomic E-state index is 5.58. The van der Waals surface area contributed by atoms with Crippen molar-refractivity contribution in [1.29, 1.82) is 0 Å². The van der Waals surface area contributed by atoms with E-state index in [9.17, 15) is 0 Å². The van der Waals surface area contributed by atoms with Crippen LogP contribution in [0.5, 0.6) is 5.75 Å². The average molecular weight is 219 g/mol. The smallest absolute Gasteiger partial charge is 0.145 e. The highest BCUT2D eigenvalue weighted by Gasteiger charge is 2.02. The fourth-order valence-corrected chi connectivity index (χ4v) is 1.58. The lowest BCUT2D eigenvalue weighted by atomic mass is 10.2. The molecule has 0 bridgehead atoms. The van der Waals surface area contributed by atoms with Crippen molar-refractivity contribution < 1.29 is 4.74 Å². The number of aryl methyl sites for hydroxylation is 1. The van der Waals surface area contributed by atoms with E-state index in [1.165, 1.54) is 0 Å². The predicted molar refractivity (Wildman–Crippen MR) is 65.8 cm³/mol. The molecule has 0 amide bonds. The van der Waals surface area contributed by atoms with Gasteiger partial charge in [0, 0.05) is 16.8 Å². The van der Waals surface area contributed by atoms with E-state index in [-0.39, 0.29) is 0 Å². The van der Waals surface area contributed by atoms with E-state index < -0.39 is 0 Å². The molecule has 15 heavy (non-hydrogen) atoms. The van der Waals surface area contributed by atoms with Crippen LogP contribution in [0.15, 0.2) is 30.3 Å². The van der Waals surface area contributed by atoms with Crippen molar-refractivity contribution in [2.45, 2.75) is 6.92 Å². The summed E-state index contributed by atoms with van der Waals surface area (Å²) in [6.45, 7) is 2.59. The summed E-state index contributed by atoms with van der Waals surface area (Å²) in [5.74, 6) is 1.55. The van der Waals surface area contributed by atoms with Gasteiger partial charge in [0.15, 0.2) is 0 Å². The Hall–Kier alpha value is -1.22. The van der Waals surface area contributed by atoms with Gasteiger partial charge >= 0.3 is 0 Å². The standard InChI is InChI=1S/C12H13NOS/c1-9-5-6-10-3-2-4-11(12(10)13-9)14-7-8-15/h2-6,15H,7-8H2,1H3. The number of aromatic nitrogens is 1. The second kappa shape index (κ2) is 4.53. The summed E-state index contributed by atoms with van der Waals surface area (Å²) < 4.78 is 5.58. The van der Waals surface area contributed by atoms with Crippen molar-refractivity contribution in [3.8, 4) is 5.75 Å². The summed E-state index contributed by atoms with van der Waals surface area (Å²) in [6, 6.07) is 10.0. The van der Waals surface area contributed by atoms with E-state index in [0.29, 0.717) is 12.4 Å². The number of benzene rings is 1. The summed E-state index contributed by atoms with van der Waals surface area (Å²) in [5, 5.41) is 1.11. The van der Waals surface area contributed by atoms with Gasteiger partial charge in [0.25, 0.3) is 0 Å². The van der Waals surface area contributed by atoms with Gasteiger partial charge in [0.05, 0.1) is 6.61 Å². The first-order valence-corrected chi connectivity index (χ1v) is 5.54. The predicted octanol–water partition coefficient (Wildman–Crippen LogP) is 2.85. The Morgan fingerprint density at radius 3 is 2.93 bits per heavy atom. The molecule has 1 aromatic heterocycles. The highest BCUT2D eigenvalue weighted by atomic mass is 32.1. The zero-order chi connectivity index (χ0) is 10.7.